The van der Waals surface area contributed by atoms with Crippen molar-refractivity contribution < 1.29 is 33.7 Å². The molecule has 0 spiro atoms. The Balaban J connectivity index is 1.83. The average Bonchev–Trinajstić information content (AvgIpc) is 3.30. The molecule has 8 heteroatoms. The van der Waals surface area contributed by atoms with Crippen molar-refractivity contribution in [3.05, 3.63) is 46.3 Å². The van der Waals surface area contributed by atoms with Gasteiger partial charge in [0.1, 0.15) is 12.0 Å². The van der Waals surface area contributed by atoms with E-state index >= 15 is 0 Å². The van der Waals surface area contributed by atoms with Crippen LogP contribution >= 0.6 is 0 Å². The standard InChI is InChI=1S/C26H31NO7/c1-13-11-17-23(24(29)20(13)25(30)33-4)22(15-9-10-19(32-3)18(28)12-15)21(14(2)27-17)26(31)34-16-7-5-6-8-16/h9-10,12-13,16,20,22,27-28H,5-8,11H2,1-4H3/t13-,20-,22+/m0/s1. The molecule has 34 heavy (non-hydrogen) atoms. The van der Waals surface area contributed by atoms with Gasteiger partial charge < -0.3 is 24.6 Å². The second-order valence-corrected chi connectivity index (χ2v) is 9.28. The molecular formula is C26H31NO7. The molecule has 0 bridgehead atoms. The smallest absolute Gasteiger partial charge is 0.337 e. The molecule has 8 nitrogen and oxygen atoms in total. The predicted molar refractivity (Wildman–Crippen MR) is 123 cm³/mol. The molecule has 0 saturated heterocycles. The first-order chi connectivity index (χ1) is 16.3. The summed E-state index contributed by atoms with van der Waals surface area (Å²) in [5, 5.41) is 13.7. The molecule has 1 aromatic rings. The van der Waals surface area contributed by atoms with E-state index in [-0.39, 0.29) is 29.3 Å². The number of esters is 2. The number of benzene rings is 1. The van der Waals surface area contributed by atoms with Crippen molar-refractivity contribution in [3.8, 4) is 11.5 Å². The summed E-state index contributed by atoms with van der Waals surface area (Å²) in [6, 6.07) is 4.80. The molecule has 1 heterocycles. The molecule has 2 N–H and O–H groups in total. The third-order valence-electron chi connectivity index (χ3n) is 7.08. The molecule has 0 unspecified atom stereocenters. The Morgan fingerprint density at radius 1 is 1.15 bits per heavy atom. The van der Waals surface area contributed by atoms with Crippen LogP contribution < -0.4 is 10.1 Å². The molecule has 1 aromatic carbocycles. The zero-order valence-electron chi connectivity index (χ0n) is 20.0. The second-order valence-electron chi connectivity index (χ2n) is 9.28. The van der Waals surface area contributed by atoms with Crippen molar-refractivity contribution >= 4 is 17.7 Å². The van der Waals surface area contributed by atoms with Gasteiger partial charge in [-0.2, -0.15) is 0 Å². The van der Waals surface area contributed by atoms with Crippen molar-refractivity contribution in [1.29, 1.82) is 0 Å². The zero-order chi connectivity index (χ0) is 24.6. The van der Waals surface area contributed by atoms with Gasteiger partial charge in [-0.1, -0.05) is 13.0 Å². The van der Waals surface area contributed by atoms with Crippen LogP contribution in [0.15, 0.2) is 40.7 Å². The van der Waals surface area contributed by atoms with E-state index in [2.05, 4.69) is 5.32 Å². The number of aromatic hydroxyl groups is 1. The highest BCUT2D eigenvalue weighted by molar-refractivity contribution is 6.12. The van der Waals surface area contributed by atoms with Crippen LogP contribution in [0.5, 0.6) is 11.5 Å². The summed E-state index contributed by atoms with van der Waals surface area (Å²) in [5.41, 5.74) is 2.45. The lowest BCUT2D eigenvalue weighted by atomic mass is 9.69. The Labute approximate surface area is 199 Å². The first-order valence-electron chi connectivity index (χ1n) is 11.7. The van der Waals surface area contributed by atoms with E-state index in [1.165, 1.54) is 20.3 Å². The lowest BCUT2D eigenvalue weighted by Crippen LogP contribution is -2.43. The van der Waals surface area contributed by atoms with Crippen molar-refractivity contribution in [3.63, 3.8) is 0 Å². The second kappa shape index (κ2) is 9.52. The number of hydrogen-bond donors (Lipinski definition) is 2. The van der Waals surface area contributed by atoms with Gasteiger partial charge in [-0.3, -0.25) is 9.59 Å². The maximum atomic E-state index is 13.7. The Morgan fingerprint density at radius 2 is 1.85 bits per heavy atom. The van der Waals surface area contributed by atoms with E-state index in [0.717, 1.165) is 25.7 Å². The minimum Gasteiger partial charge on any atom is -0.504 e. The number of phenolic OH excluding ortho intramolecular Hbond substituents is 1. The normalized spacial score (nSPS) is 25.1. The summed E-state index contributed by atoms with van der Waals surface area (Å²) in [6.45, 7) is 3.62. The third-order valence-corrected chi connectivity index (χ3v) is 7.08. The van der Waals surface area contributed by atoms with Crippen LogP contribution in [0.3, 0.4) is 0 Å². The van der Waals surface area contributed by atoms with Crippen LogP contribution in [0.4, 0.5) is 0 Å². The van der Waals surface area contributed by atoms with Gasteiger partial charge in [0.15, 0.2) is 17.3 Å². The molecular weight excluding hydrogens is 438 g/mol. The Hall–Kier alpha value is -3.29. The summed E-state index contributed by atoms with van der Waals surface area (Å²) in [5.74, 6) is -3.34. The number of hydrogen-bond acceptors (Lipinski definition) is 8. The van der Waals surface area contributed by atoms with E-state index < -0.39 is 23.8 Å². The van der Waals surface area contributed by atoms with Gasteiger partial charge >= 0.3 is 11.9 Å². The summed E-state index contributed by atoms with van der Waals surface area (Å²) in [6.07, 6.45) is 3.94. The molecule has 182 valence electrons. The molecule has 3 aliphatic rings. The lowest BCUT2D eigenvalue weighted by molar-refractivity contribution is -0.151. The number of dihydropyridines is 1. The minimum atomic E-state index is -0.967. The number of nitrogens with one attached hydrogen (secondary N) is 1. The number of ketones is 1. The highest BCUT2D eigenvalue weighted by Gasteiger charge is 2.47. The van der Waals surface area contributed by atoms with E-state index in [0.29, 0.717) is 34.5 Å². The van der Waals surface area contributed by atoms with Gasteiger partial charge in [0.05, 0.1) is 19.8 Å². The van der Waals surface area contributed by atoms with Crippen LogP contribution in [0.2, 0.25) is 0 Å². The fourth-order valence-corrected chi connectivity index (χ4v) is 5.39. The van der Waals surface area contributed by atoms with Crippen LogP contribution in [-0.2, 0) is 23.9 Å². The number of allylic oxidation sites excluding steroid dienone is 3. The molecule has 0 amide bonds. The Morgan fingerprint density at radius 3 is 2.47 bits per heavy atom. The zero-order valence-corrected chi connectivity index (χ0v) is 20.0. The fraction of sp³-hybridized carbons (Fsp3) is 0.500. The van der Waals surface area contributed by atoms with Gasteiger partial charge in [-0.05, 0) is 62.6 Å². The number of carbonyl (C=O) groups excluding carboxylic acids is 3. The van der Waals surface area contributed by atoms with Crippen LogP contribution in [-0.4, -0.2) is 43.2 Å². The highest BCUT2D eigenvalue weighted by atomic mass is 16.5. The van der Waals surface area contributed by atoms with Crippen LogP contribution in [0.25, 0.3) is 0 Å². The number of methoxy groups -OCH3 is 2. The van der Waals surface area contributed by atoms with Gasteiger partial charge in [0, 0.05) is 22.9 Å². The number of ether oxygens (including phenoxy) is 3. The molecule has 1 aliphatic heterocycles. The summed E-state index contributed by atoms with van der Waals surface area (Å²) >= 11 is 0. The topological polar surface area (TPSA) is 111 Å². The third kappa shape index (κ3) is 4.17. The summed E-state index contributed by atoms with van der Waals surface area (Å²) in [4.78, 5) is 39.7. The van der Waals surface area contributed by atoms with Crippen molar-refractivity contribution in [2.24, 2.45) is 11.8 Å². The van der Waals surface area contributed by atoms with Crippen molar-refractivity contribution in [2.75, 3.05) is 14.2 Å². The molecule has 0 aromatic heterocycles. The summed E-state index contributed by atoms with van der Waals surface area (Å²) < 4.78 is 15.9. The van der Waals surface area contributed by atoms with Crippen molar-refractivity contribution in [2.45, 2.75) is 58.0 Å². The van der Waals surface area contributed by atoms with Gasteiger partial charge in [0.25, 0.3) is 0 Å². The number of phenols is 1. The maximum absolute atomic E-state index is 13.7. The quantitative estimate of drug-likeness (QED) is 0.498. The molecule has 3 atom stereocenters. The molecule has 4 rings (SSSR count). The number of Topliss-reactive ketones (excluding diaryl/α,β-unsaturated/α-hetero) is 1. The van der Waals surface area contributed by atoms with Crippen molar-refractivity contribution in [1.82, 2.24) is 5.32 Å². The van der Waals surface area contributed by atoms with Gasteiger partial charge in [-0.15, -0.1) is 0 Å². The largest absolute Gasteiger partial charge is 0.504 e. The number of carbonyl (C=O) groups is 3. The molecule has 0 radical (unpaired) electrons. The molecule has 1 saturated carbocycles. The van der Waals surface area contributed by atoms with E-state index in [1.54, 1.807) is 19.1 Å². The molecule has 1 fully saturated rings. The first-order valence-corrected chi connectivity index (χ1v) is 11.7. The van der Waals surface area contributed by atoms with Gasteiger partial charge in [-0.25, -0.2) is 4.79 Å². The highest BCUT2D eigenvalue weighted by Crippen LogP contribution is 2.47. The van der Waals surface area contributed by atoms with Crippen LogP contribution in [0.1, 0.15) is 57.4 Å². The van der Waals surface area contributed by atoms with E-state index in [4.69, 9.17) is 14.2 Å². The maximum Gasteiger partial charge on any atom is 0.337 e. The minimum absolute atomic E-state index is 0.108. The average molecular weight is 470 g/mol. The molecule has 2 aliphatic carbocycles. The monoisotopic (exact) mass is 469 g/mol. The fourth-order valence-electron chi connectivity index (χ4n) is 5.39. The van der Waals surface area contributed by atoms with E-state index in [1.807, 2.05) is 6.92 Å². The SMILES string of the molecule is COC(=O)[C@@H]1C(=O)C2=C(C[C@@H]1C)NC(C)=C(C(=O)OC1CCCC1)[C@H]2c1ccc(OC)c(O)c1. The number of rotatable bonds is 5. The first kappa shape index (κ1) is 23.9. The van der Waals surface area contributed by atoms with E-state index in [9.17, 15) is 19.5 Å². The Bertz CT molecular complexity index is 1080. The Kier molecular flexibility index (Phi) is 6.68. The predicted octanol–water partition coefficient (Wildman–Crippen LogP) is 3.50. The van der Waals surface area contributed by atoms with Gasteiger partial charge in [0.2, 0.25) is 0 Å². The van der Waals surface area contributed by atoms with Crippen LogP contribution in [0, 0.1) is 11.8 Å². The lowest BCUT2D eigenvalue weighted by Gasteiger charge is -2.38. The summed E-state index contributed by atoms with van der Waals surface area (Å²) in [7, 11) is 2.71.